The third-order valence-corrected chi connectivity index (χ3v) is 13.2. The Bertz CT molecular complexity index is 867. The second-order valence-corrected chi connectivity index (χ2v) is 19.3. The molecule has 0 bridgehead atoms. The summed E-state index contributed by atoms with van der Waals surface area (Å²) in [5.74, 6) is -0.0411. The molecule has 0 aromatic carbocycles. The van der Waals surface area contributed by atoms with E-state index in [9.17, 15) is 19.8 Å². The van der Waals surface area contributed by atoms with Crippen LogP contribution in [0.2, 0.25) is 0 Å². The summed E-state index contributed by atoms with van der Waals surface area (Å²) < 4.78 is 5.48. The lowest BCUT2D eigenvalue weighted by atomic mass is 10.0. The minimum Gasteiger partial charge on any atom is -0.466 e. The van der Waals surface area contributed by atoms with E-state index in [0.29, 0.717) is 25.9 Å². The Labute approximate surface area is 381 Å². The molecule has 0 fully saturated rings. The van der Waals surface area contributed by atoms with Gasteiger partial charge in [0.1, 0.15) is 0 Å². The number of ether oxygens (including phenoxy) is 1. The second-order valence-electron chi connectivity index (χ2n) is 19.3. The Hall–Kier alpha value is -1.14. The summed E-state index contributed by atoms with van der Waals surface area (Å²) in [4.78, 5) is 24.5. The van der Waals surface area contributed by atoms with Gasteiger partial charge in [-0.2, -0.15) is 0 Å². The number of nitrogens with one attached hydrogen (secondary N) is 1. The first-order chi connectivity index (χ1) is 30.0. The molecule has 0 aromatic heterocycles. The van der Waals surface area contributed by atoms with Crippen molar-refractivity contribution in [2.45, 2.75) is 328 Å². The Morgan fingerprint density at radius 1 is 0.393 bits per heavy atom. The van der Waals surface area contributed by atoms with Crippen molar-refractivity contribution in [2.75, 3.05) is 13.2 Å². The molecule has 0 aliphatic rings. The molecular formula is C55H109NO5. The smallest absolute Gasteiger partial charge is 0.305 e. The highest BCUT2D eigenvalue weighted by Gasteiger charge is 2.20. The largest absolute Gasteiger partial charge is 0.466 e. The van der Waals surface area contributed by atoms with E-state index in [-0.39, 0.29) is 18.5 Å². The molecule has 6 heteroatoms. The van der Waals surface area contributed by atoms with E-state index in [2.05, 4.69) is 19.2 Å². The first kappa shape index (κ1) is 59.9. The number of rotatable bonds is 52. The van der Waals surface area contributed by atoms with Crippen LogP contribution in [0, 0.1) is 0 Å². The summed E-state index contributed by atoms with van der Waals surface area (Å²) in [5.41, 5.74) is 0. The average Bonchev–Trinajstić information content (AvgIpc) is 3.26. The number of aliphatic hydroxyl groups excluding tert-OH is 2. The molecule has 2 unspecified atom stereocenters. The van der Waals surface area contributed by atoms with Gasteiger partial charge in [0.15, 0.2) is 0 Å². The first-order valence-electron chi connectivity index (χ1n) is 27.8. The summed E-state index contributed by atoms with van der Waals surface area (Å²) in [7, 11) is 0. The van der Waals surface area contributed by atoms with E-state index >= 15 is 0 Å². The second kappa shape index (κ2) is 51.5. The van der Waals surface area contributed by atoms with Crippen LogP contribution in [-0.2, 0) is 14.3 Å². The van der Waals surface area contributed by atoms with Crippen molar-refractivity contribution in [3.05, 3.63) is 0 Å². The number of hydrogen-bond donors (Lipinski definition) is 3. The quantitative estimate of drug-likeness (QED) is 0.0418. The van der Waals surface area contributed by atoms with Gasteiger partial charge < -0.3 is 20.3 Å². The Morgan fingerprint density at radius 3 is 1.00 bits per heavy atom. The van der Waals surface area contributed by atoms with Crippen molar-refractivity contribution in [3.8, 4) is 0 Å². The van der Waals surface area contributed by atoms with Crippen molar-refractivity contribution in [1.82, 2.24) is 5.32 Å². The molecule has 0 rings (SSSR count). The molecule has 2 atom stereocenters. The molecule has 3 N–H and O–H groups in total. The normalized spacial score (nSPS) is 12.5. The summed E-state index contributed by atoms with van der Waals surface area (Å²) in [6, 6.07) is -0.547. The molecule has 0 heterocycles. The van der Waals surface area contributed by atoms with Gasteiger partial charge >= 0.3 is 5.97 Å². The molecule has 0 saturated carbocycles. The fraction of sp³-hybridized carbons (Fsp3) is 0.964. The van der Waals surface area contributed by atoms with Gasteiger partial charge in [0.2, 0.25) is 5.91 Å². The van der Waals surface area contributed by atoms with E-state index in [1.807, 2.05) is 0 Å². The molecule has 61 heavy (non-hydrogen) atoms. The monoisotopic (exact) mass is 864 g/mol. The molecule has 364 valence electrons. The predicted octanol–water partition coefficient (Wildman–Crippen LogP) is 16.7. The number of hydrogen-bond acceptors (Lipinski definition) is 5. The van der Waals surface area contributed by atoms with Crippen LogP contribution in [0.1, 0.15) is 316 Å². The van der Waals surface area contributed by atoms with Crippen molar-refractivity contribution in [3.63, 3.8) is 0 Å². The molecule has 0 aliphatic carbocycles. The molecule has 1 amide bonds. The molecular weight excluding hydrogens is 755 g/mol. The van der Waals surface area contributed by atoms with E-state index in [0.717, 1.165) is 51.4 Å². The minimum atomic E-state index is -0.669. The Balaban J connectivity index is 3.41. The van der Waals surface area contributed by atoms with Gasteiger partial charge in [-0.1, -0.05) is 277 Å². The van der Waals surface area contributed by atoms with Gasteiger partial charge in [-0.3, -0.25) is 9.59 Å². The molecule has 0 aromatic rings. The minimum absolute atomic E-state index is 0.00209. The summed E-state index contributed by atoms with van der Waals surface area (Å²) in [6.45, 7) is 4.95. The van der Waals surface area contributed by atoms with Gasteiger partial charge in [0.05, 0.1) is 25.4 Å². The maximum Gasteiger partial charge on any atom is 0.305 e. The molecule has 0 saturated heterocycles. The lowest BCUT2D eigenvalue weighted by Gasteiger charge is -2.22. The van der Waals surface area contributed by atoms with Crippen LogP contribution in [0.15, 0.2) is 0 Å². The molecule has 6 nitrogen and oxygen atoms in total. The average molecular weight is 864 g/mol. The Morgan fingerprint density at radius 2 is 0.672 bits per heavy atom. The number of esters is 1. The molecule has 0 radical (unpaired) electrons. The van der Waals surface area contributed by atoms with Crippen LogP contribution in [0.3, 0.4) is 0 Å². The van der Waals surface area contributed by atoms with Crippen molar-refractivity contribution >= 4 is 11.9 Å². The third-order valence-electron chi connectivity index (χ3n) is 13.2. The zero-order valence-electron chi connectivity index (χ0n) is 41.4. The van der Waals surface area contributed by atoms with Gasteiger partial charge in [0.25, 0.3) is 0 Å². The maximum absolute atomic E-state index is 12.5. The van der Waals surface area contributed by atoms with Gasteiger partial charge in [-0.05, 0) is 25.7 Å². The summed E-state index contributed by atoms with van der Waals surface area (Å²) in [6.07, 6.45) is 57.9. The SMILES string of the molecule is CCCCCCCCCCCCCCCCCCC(=O)OCCCCCCCCCCCCCCCCC(=O)NC(CO)C(O)CCCCCCCCCCCCCCCC. The topological polar surface area (TPSA) is 95.9 Å². The van der Waals surface area contributed by atoms with Crippen molar-refractivity contribution in [1.29, 1.82) is 0 Å². The van der Waals surface area contributed by atoms with Crippen LogP contribution >= 0.6 is 0 Å². The first-order valence-corrected chi connectivity index (χ1v) is 27.8. The Kier molecular flexibility index (Phi) is 50.5. The van der Waals surface area contributed by atoms with Gasteiger partial charge in [-0.15, -0.1) is 0 Å². The van der Waals surface area contributed by atoms with E-state index in [4.69, 9.17) is 4.74 Å². The predicted molar refractivity (Wildman–Crippen MR) is 264 cm³/mol. The standard InChI is InChI=1S/C55H109NO5/c1-3-5-7-9-11-13-15-17-19-20-25-29-33-37-41-45-49-55(60)61-50-46-42-38-34-30-26-22-21-24-28-32-36-40-44-48-54(59)56-52(51-57)53(58)47-43-39-35-31-27-23-18-16-14-12-10-8-6-4-2/h52-53,57-58H,3-51H2,1-2H3,(H,56,59). The zero-order valence-corrected chi connectivity index (χ0v) is 41.4. The third kappa shape index (κ3) is 48.2. The van der Waals surface area contributed by atoms with Gasteiger partial charge in [0, 0.05) is 12.8 Å². The summed E-state index contributed by atoms with van der Waals surface area (Å²) >= 11 is 0. The molecule has 0 spiro atoms. The van der Waals surface area contributed by atoms with Crippen LogP contribution in [-0.4, -0.2) is 47.4 Å². The number of amides is 1. The molecule has 0 aliphatic heterocycles. The number of unbranched alkanes of at least 4 members (excludes halogenated alkanes) is 41. The number of aliphatic hydroxyl groups is 2. The number of carbonyl (C=O) groups excluding carboxylic acids is 2. The maximum atomic E-state index is 12.5. The van der Waals surface area contributed by atoms with E-state index in [1.165, 1.54) is 231 Å². The zero-order chi connectivity index (χ0) is 44.4. The van der Waals surface area contributed by atoms with Gasteiger partial charge in [-0.25, -0.2) is 0 Å². The van der Waals surface area contributed by atoms with E-state index in [1.54, 1.807) is 0 Å². The highest BCUT2D eigenvalue weighted by atomic mass is 16.5. The summed E-state index contributed by atoms with van der Waals surface area (Å²) in [5, 5.41) is 23.2. The lowest BCUT2D eigenvalue weighted by Crippen LogP contribution is -2.45. The fourth-order valence-electron chi connectivity index (χ4n) is 8.88. The van der Waals surface area contributed by atoms with Crippen LogP contribution in [0.5, 0.6) is 0 Å². The van der Waals surface area contributed by atoms with Crippen molar-refractivity contribution < 1.29 is 24.5 Å². The van der Waals surface area contributed by atoms with E-state index < -0.39 is 12.1 Å². The highest BCUT2D eigenvalue weighted by Crippen LogP contribution is 2.18. The highest BCUT2D eigenvalue weighted by molar-refractivity contribution is 5.76. The fourth-order valence-corrected chi connectivity index (χ4v) is 8.88. The lowest BCUT2D eigenvalue weighted by molar-refractivity contribution is -0.143. The number of carbonyl (C=O) groups is 2. The van der Waals surface area contributed by atoms with Crippen molar-refractivity contribution in [2.24, 2.45) is 0 Å². The van der Waals surface area contributed by atoms with Crippen LogP contribution in [0.25, 0.3) is 0 Å². The van der Waals surface area contributed by atoms with Crippen LogP contribution in [0.4, 0.5) is 0 Å². The van der Waals surface area contributed by atoms with Crippen LogP contribution < -0.4 is 5.32 Å².